The van der Waals surface area contributed by atoms with E-state index in [1.165, 1.54) is 12.1 Å². The van der Waals surface area contributed by atoms with Crippen LogP contribution in [0.3, 0.4) is 0 Å². The number of rotatable bonds is 3. The summed E-state index contributed by atoms with van der Waals surface area (Å²) in [6.45, 7) is 1.51. The number of non-ortho nitro benzene ring substituents is 1. The Balaban J connectivity index is 2.08. The van der Waals surface area contributed by atoms with Crippen molar-refractivity contribution in [1.29, 1.82) is 0 Å². The number of nitro benzene ring substituents is 1. The van der Waals surface area contributed by atoms with Gasteiger partial charge in [-0.1, -0.05) is 30.3 Å². The summed E-state index contributed by atoms with van der Waals surface area (Å²) in [7, 11) is 0. The third-order valence-electron chi connectivity index (χ3n) is 3.92. The molecule has 3 rings (SSSR count). The van der Waals surface area contributed by atoms with E-state index in [0.717, 1.165) is 31.5 Å². The van der Waals surface area contributed by atoms with Crippen LogP contribution >= 0.6 is 0 Å². The number of amides is 1. The SMILES string of the molecule is O=C(c1ccc([N+](=O)[O-])cc1-c1ccccc1)N1CCCC1. The van der Waals surface area contributed by atoms with Crippen LogP contribution in [0.2, 0.25) is 0 Å². The molecule has 2 aromatic carbocycles. The van der Waals surface area contributed by atoms with Crippen molar-refractivity contribution in [3.05, 3.63) is 64.2 Å². The maximum Gasteiger partial charge on any atom is 0.270 e. The molecule has 1 amide bonds. The van der Waals surface area contributed by atoms with Gasteiger partial charge in [-0.25, -0.2) is 0 Å². The van der Waals surface area contributed by atoms with E-state index in [-0.39, 0.29) is 11.6 Å². The highest BCUT2D eigenvalue weighted by Crippen LogP contribution is 2.29. The largest absolute Gasteiger partial charge is 0.339 e. The van der Waals surface area contributed by atoms with Gasteiger partial charge in [0.25, 0.3) is 11.6 Å². The van der Waals surface area contributed by atoms with E-state index >= 15 is 0 Å². The Labute approximate surface area is 128 Å². The van der Waals surface area contributed by atoms with Crippen LogP contribution in [0, 0.1) is 10.1 Å². The number of nitrogens with zero attached hydrogens (tertiary/aromatic N) is 2. The van der Waals surface area contributed by atoms with Gasteiger partial charge in [0.2, 0.25) is 0 Å². The number of likely N-dealkylation sites (tertiary alicyclic amines) is 1. The zero-order chi connectivity index (χ0) is 15.5. The minimum absolute atomic E-state index is 0.00294. The lowest BCUT2D eigenvalue weighted by molar-refractivity contribution is -0.384. The van der Waals surface area contributed by atoms with Gasteiger partial charge in [-0.05, 0) is 24.5 Å². The Morgan fingerprint density at radius 2 is 1.73 bits per heavy atom. The summed E-state index contributed by atoms with van der Waals surface area (Å²) >= 11 is 0. The van der Waals surface area contributed by atoms with E-state index in [1.807, 2.05) is 35.2 Å². The zero-order valence-corrected chi connectivity index (χ0v) is 12.1. The maximum atomic E-state index is 12.7. The highest BCUT2D eigenvalue weighted by atomic mass is 16.6. The molecule has 1 fully saturated rings. The summed E-state index contributed by atoms with van der Waals surface area (Å²) in [5, 5.41) is 11.0. The Kier molecular flexibility index (Phi) is 3.87. The van der Waals surface area contributed by atoms with Crippen molar-refractivity contribution in [2.24, 2.45) is 0 Å². The molecule has 5 heteroatoms. The van der Waals surface area contributed by atoms with Crippen LogP contribution in [0.4, 0.5) is 5.69 Å². The van der Waals surface area contributed by atoms with E-state index in [2.05, 4.69) is 0 Å². The Morgan fingerprint density at radius 1 is 1.05 bits per heavy atom. The first kappa shape index (κ1) is 14.3. The number of benzene rings is 2. The van der Waals surface area contributed by atoms with Gasteiger partial charge in [-0.15, -0.1) is 0 Å². The van der Waals surface area contributed by atoms with Crippen molar-refractivity contribution in [3.63, 3.8) is 0 Å². The number of hydrogen-bond acceptors (Lipinski definition) is 3. The molecule has 0 unspecified atom stereocenters. The van der Waals surface area contributed by atoms with Gasteiger partial charge in [0.05, 0.1) is 4.92 Å². The summed E-state index contributed by atoms with van der Waals surface area (Å²) in [6.07, 6.45) is 2.03. The van der Waals surface area contributed by atoms with Gasteiger partial charge in [0.1, 0.15) is 0 Å². The molecule has 1 aliphatic rings. The minimum atomic E-state index is -0.434. The first-order valence-corrected chi connectivity index (χ1v) is 7.30. The fourth-order valence-electron chi connectivity index (χ4n) is 2.78. The van der Waals surface area contributed by atoms with Gasteiger partial charge in [0.15, 0.2) is 0 Å². The average Bonchev–Trinajstić information content (AvgIpc) is 3.09. The second kappa shape index (κ2) is 5.97. The lowest BCUT2D eigenvalue weighted by atomic mass is 9.98. The molecule has 0 atom stereocenters. The van der Waals surface area contributed by atoms with Crippen molar-refractivity contribution in [1.82, 2.24) is 4.90 Å². The van der Waals surface area contributed by atoms with Crippen molar-refractivity contribution < 1.29 is 9.72 Å². The van der Waals surface area contributed by atoms with Crippen LogP contribution in [0.5, 0.6) is 0 Å². The Morgan fingerprint density at radius 3 is 2.36 bits per heavy atom. The van der Waals surface area contributed by atoms with E-state index < -0.39 is 4.92 Å². The third-order valence-corrected chi connectivity index (χ3v) is 3.92. The van der Waals surface area contributed by atoms with Gasteiger partial charge in [-0.2, -0.15) is 0 Å². The smallest absolute Gasteiger partial charge is 0.270 e. The summed E-state index contributed by atoms with van der Waals surface area (Å²) in [6, 6.07) is 13.8. The molecule has 0 bridgehead atoms. The molecule has 0 radical (unpaired) electrons. The van der Waals surface area contributed by atoms with E-state index in [9.17, 15) is 14.9 Å². The van der Waals surface area contributed by atoms with Crippen molar-refractivity contribution >= 4 is 11.6 Å². The van der Waals surface area contributed by atoms with Crippen LogP contribution in [0.15, 0.2) is 48.5 Å². The van der Waals surface area contributed by atoms with E-state index in [1.54, 1.807) is 6.07 Å². The minimum Gasteiger partial charge on any atom is -0.339 e. The lowest BCUT2D eigenvalue weighted by Gasteiger charge is -2.17. The second-order valence-corrected chi connectivity index (χ2v) is 5.35. The van der Waals surface area contributed by atoms with Crippen molar-refractivity contribution in [2.75, 3.05) is 13.1 Å². The average molecular weight is 296 g/mol. The van der Waals surface area contributed by atoms with E-state index in [4.69, 9.17) is 0 Å². The van der Waals surface area contributed by atoms with Gasteiger partial charge < -0.3 is 4.90 Å². The normalized spacial score (nSPS) is 14.1. The van der Waals surface area contributed by atoms with Crippen LogP contribution in [-0.4, -0.2) is 28.8 Å². The van der Waals surface area contributed by atoms with Gasteiger partial charge in [0, 0.05) is 36.3 Å². The van der Waals surface area contributed by atoms with Crippen LogP contribution in [-0.2, 0) is 0 Å². The zero-order valence-electron chi connectivity index (χ0n) is 12.1. The fourth-order valence-corrected chi connectivity index (χ4v) is 2.78. The quantitative estimate of drug-likeness (QED) is 0.643. The third kappa shape index (κ3) is 2.70. The van der Waals surface area contributed by atoms with Crippen molar-refractivity contribution in [2.45, 2.75) is 12.8 Å². The molecule has 5 nitrogen and oxygen atoms in total. The number of nitro groups is 1. The topological polar surface area (TPSA) is 63.4 Å². The number of hydrogen-bond donors (Lipinski definition) is 0. The number of carbonyl (C=O) groups is 1. The van der Waals surface area contributed by atoms with E-state index in [0.29, 0.717) is 11.1 Å². The highest BCUT2D eigenvalue weighted by molar-refractivity contribution is 6.01. The molecule has 1 heterocycles. The molecular formula is C17H16N2O3. The maximum absolute atomic E-state index is 12.7. The first-order chi connectivity index (χ1) is 10.7. The van der Waals surface area contributed by atoms with Gasteiger partial charge >= 0.3 is 0 Å². The fraction of sp³-hybridized carbons (Fsp3) is 0.235. The second-order valence-electron chi connectivity index (χ2n) is 5.35. The monoisotopic (exact) mass is 296 g/mol. The lowest BCUT2D eigenvalue weighted by Crippen LogP contribution is -2.28. The molecule has 1 aliphatic heterocycles. The molecule has 22 heavy (non-hydrogen) atoms. The summed E-state index contributed by atoms with van der Waals surface area (Å²) in [4.78, 5) is 25.1. The number of carbonyl (C=O) groups excluding carboxylic acids is 1. The first-order valence-electron chi connectivity index (χ1n) is 7.30. The molecule has 1 saturated heterocycles. The predicted molar refractivity (Wildman–Crippen MR) is 83.7 cm³/mol. The molecule has 0 saturated carbocycles. The molecule has 0 spiro atoms. The van der Waals surface area contributed by atoms with Gasteiger partial charge in [-0.3, -0.25) is 14.9 Å². The van der Waals surface area contributed by atoms with Crippen LogP contribution in [0.25, 0.3) is 11.1 Å². The summed E-state index contributed by atoms with van der Waals surface area (Å²) in [5.41, 5.74) is 1.95. The molecule has 112 valence electrons. The molecule has 2 aromatic rings. The standard InChI is InChI=1S/C17H16N2O3/c20-17(18-10-4-5-11-18)15-9-8-14(19(21)22)12-16(15)13-6-2-1-3-7-13/h1-3,6-9,12H,4-5,10-11H2. The molecule has 0 aliphatic carbocycles. The Hall–Kier alpha value is -2.69. The Bertz CT molecular complexity index is 707. The van der Waals surface area contributed by atoms with Crippen LogP contribution < -0.4 is 0 Å². The molecule has 0 N–H and O–H groups in total. The molecule has 0 aromatic heterocycles. The summed E-state index contributed by atoms with van der Waals surface area (Å²) < 4.78 is 0. The molecular weight excluding hydrogens is 280 g/mol. The summed E-state index contributed by atoms with van der Waals surface area (Å²) in [5.74, 6) is -0.0498. The van der Waals surface area contributed by atoms with Crippen LogP contribution in [0.1, 0.15) is 23.2 Å². The van der Waals surface area contributed by atoms with Crippen molar-refractivity contribution in [3.8, 4) is 11.1 Å². The predicted octanol–water partition coefficient (Wildman–Crippen LogP) is 3.50. The highest BCUT2D eigenvalue weighted by Gasteiger charge is 2.23.